The molecule has 1 aromatic rings. The first-order chi connectivity index (χ1) is 7.65. The van der Waals surface area contributed by atoms with Gasteiger partial charge >= 0.3 is 0 Å². The second-order valence-electron chi connectivity index (χ2n) is 3.01. The minimum absolute atomic E-state index is 0.0862. The molecule has 4 N–H and O–H groups in total. The van der Waals surface area contributed by atoms with Crippen molar-refractivity contribution in [2.75, 3.05) is 18.4 Å². The van der Waals surface area contributed by atoms with Crippen molar-refractivity contribution in [3.05, 3.63) is 11.1 Å². The molecule has 0 saturated heterocycles. The van der Waals surface area contributed by atoms with Crippen molar-refractivity contribution < 1.29 is 9.59 Å². The van der Waals surface area contributed by atoms with E-state index in [4.69, 9.17) is 5.73 Å². The second-order valence-corrected chi connectivity index (χ2v) is 4.13. The van der Waals surface area contributed by atoms with Crippen LogP contribution in [0, 0.1) is 0 Å². The fraction of sp³-hybridized carbons (Fsp3) is 0.444. The van der Waals surface area contributed by atoms with Crippen LogP contribution in [0.2, 0.25) is 0 Å². The van der Waals surface area contributed by atoms with Gasteiger partial charge in [-0.05, 0) is 6.42 Å². The second kappa shape index (κ2) is 6.19. The zero-order chi connectivity index (χ0) is 12.0. The molecule has 6 nitrogen and oxygen atoms in total. The molecule has 0 unspecified atom stereocenters. The lowest BCUT2D eigenvalue weighted by molar-refractivity contribution is -0.123. The molecule has 0 aliphatic carbocycles. The maximum Gasteiger partial charge on any atom is 0.245 e. The Bertz CT molecular complexity index is 377. The molecule has 0 saturated carbocycles. The summed E-state index contributed by atoms with van der Waals surface area (Å²) < 4.78 is 0. The number of amides is 2. The van der Waals surface area contributed by atoms with Crippen LogP contribution in [0.3, 0.4) is 0 Å². The van der Waals surface area contributed by atoms with Crippen molar-refractivity contribution in [3.63, 3.8) is 0 Å². The molecule has 0 aromatic carbocycles. The normalized spacial score (nSPS) is 9.88. The van der Waals surface area contributed by atoms with Gasteiger partial charge in [0.2, 0.25) is 11.8 Å². The Morgan fingerprint density at radius 1 is 1.50 bits per heavy atom. The van der Waals surface area contributed by atoms with E-state index in [1.807, 2.05) is 6.92 Å². The Morgan fingerprint density at radius 2 is 2.25 bits per heavy atom. The van der Waals surface area contributed by atoms with Crippen molar-refractivity contribution in [1.82, 2.24) is 10.3 Å². The predicted octanol–water partition coefficient (Wildman–Crippen LogP) is -0.281. The first kappa shape index (κ1) is 12.6. The van der Waals surface area contributed by atoms with Crippen molar-refractivity contribution in [2.45, 2.75) is 13.3 Å². The molecule has 0 spiro atoms. The molecule has 1 heterocycles. The Kier molecular flexibility index (Phi) is 4.87. The van der Waals surface area contributed by atoms with Gasteiger partial charge in [-0.2, -0.15) is 0 Å². The molecule has 0 aliphatic rings. The SMILES string of the molecule is CCc1cnc(NC(=O)CNC(=O)CN)s1. The Labute approximate surface area is 97.2 Å². The number of thiazole rings is 1. The number of carbonyl (C=O) groups excluding carboxylic acids is 2. The zero-order valence-corrected chi connectivity index (χ0v) is 9.76. The van der Waals surface area contributed by atoms with Crippen LogP contribution in [0.15, 0.2) is 6.20 Å². The van der Waals surface area contributed by atoms with E-state index >= 15 is 0 Å². The van der Waals surface area contributed by atoms with Gasteiger partial charge in [0.1, 0.15) is 0 Å². The van der Waals surface area contributed by atoms with E-state index in [1.165, 1.54) is 11.3 Å². The number of hydrogen-bond donors (Lipinski definition) is 3. The summed E-state index contributed by atoms with van der Waals surface area (Å²) in [5.41, 5.74) is 5.08. The van der Waals surface area contributed by atoms with Gasteiger partial charge in [0.05, 0.1) is 13.1 Å². The molecule has 0 bridgehead atoms. The van der Waals surface area contributed by atoms with E-state index in [2.05, 4.69) is 15.6 Å². The van der Waals surface area contributed by atoms with Gasteiger partial charge in [0.15, 0.2) is 5.13 Å². The molecule has 1 aromatic heterocycles. The van der Waals surface area contributed by atoms with Crippen LogP contribution in [0.4, 0.5) is 5.13 Å². The summed E-state index contributed by atoms with van der Waals surface area (Å²) in [6.45, 7) is 1.81. The smallest absolute Gasteiger partial charge is 0.245 e. The Morgan fingerprint density at radius 3 is 2.81 bits per heavy atom. The predicted molar refractivity (Wildman–Crippen MR) is 62.2 cm³/mol. The fourth-order valence-corrected chi connectivity index (χ4v) is 1.71. The van der Waals surface area contributed by atoms with Crippen LogP contribution >= 0.6 is 11.3 Å². The number of nitrogens with one attached hydrogen (secondary N) is 2. The van der Waals surface area contributed by atoms with Crippen molar-refractivity contribution >= 4 is 28.3 Å². The maximum atomic E-state index is 11.3. The number of carbonyl (C=O) groups is 2. The van der Waals surface area contributed by atoms with Gasteiger partial charge < -0.3 is 16.4 Å². The van der Waals surface area contributed by atoms with E-state index in [0.29, 0.717) is 5.13 Å². The van der Waals surface area contributed by atoms with Gasteiger partial charge in [0, 0.05) is 11.1 Å². The number of nitrogens with two attached hydrogens (primary N) is 1. The highest BCUT2D eigenvalue weighted by molar-refractivity contribution is 7.15. The highest BCUT2D eigenvalue weighted by Gasteiger charge is 2.06. The summed E-state index contributed by atoms with van der Waals surface area (Å²) >= 11 is 1.42. The van der Waals surface area contributed by atoms with Gasteiger partial charge in [0.25, 0.3) is 0 Å². The van der Waals surface area contributed by atoms with E-state index < -0.39 is 0 Å². The summed E-state index contributed by atoms with van der Waals surface area (Å²) in [6.07, 6.45) is 2.61. The van der Waals surface area contributed by atoms with Crippen LogP contribution in [0.5, 0.6) is 0 Å². The monoisotopic (exact) mass is 242 g/mol. The topological polar surface area (TPSA) is 97.1 Å². The van der Waals surface area contributed by atoms with Crippen molar-refractivity contribution in [1.29, 1.82) is 0 Å². The first-order valence-electron chi connectivity index (χ1n) is 4.87. The minimum atomic E-state index is -0.358. The first-order valence-corrected chi connectivity index (χ1v) is 5.68. The third-order valence-electron chi connectivity index (χ3n) is 1.78. The fourth-order valence-electron chi connectivity index (χ4n) is 0.943. The Balaban J connectivity index is 2.36. The molecule has 2 amide bonds. The number of aryl methyl sites for hydroxylation is 1. The van der Waals surface area contributed by atoms with Crippen LogP contribution < -0.4 is 16.4 Å². The van der Waals surface area contributed by atoms with Crippen LogP contribution in [-0.4, -0.2) is 29.9 Å². The van der Waals surface area contributed by atoms with Crippen LogP contribution in [0.25, 0.3) is 0 Å². The molecule has 16 heavy (non-hydrogen) atoms. The van der Waals surface area contributed by atoms with Gasteiger partial charge in [-0.15, -0.1) is 11.3 Å². The molecule has 0 radical (unpaired) electrons. The number of anilines is 1. The number of rotatable bonds is 5. The standard InChI is InChI=1S/C9H14N4O2S/c1-2-6-4-12-9(16-6)13-8(15)5-11-7(14)3-10/h4H,2-3,5,10H2,1H3,(H,11,14)(H,12,13,15). The van der Waals surface area contributed by atoms with Crippen molar-refractivity contribution in [2.24, 2.45) is 5.73 Å². The highest BCUT2D eigenvalue weighted by Crippen LogP contribution is 2.17. The number of aromatic nitrogens is 1. The summed E-state index contributed by atoms with van der Waals surface area (Å²) in [5, 5.41) is 5.51. The molecule has 88 valence electrons. The molecule has 0 atom stereocenters. The lowest BCUT2D eigenvalue weighted by Gasteiger charge is -2.02. The molecular formula is C9H14N4O2S. The average Bonchev–Trinajstić information content (AvgIpc) is 2.73. The highest BCUT2D eigenvalue weighted by atomic mass is 32.1. The molecule has 7 heteroatoms. The number of nitrogens with zero attached hydrogens (tertiary/aromatic N) is 1. The molecule has 0 fully saturated rings. The Hall–Kier alpha value is -1.47. The zero-order valence-electron chi connectivity index (χ0n) is 8.95. The lowest BCUT2D eigenvalue weighted by atomic mass is 10.4. The molecule has 0 aliphatic heterocycles. The summed E-state index contributed by atoms with van der Waals surface area (Å²) in [7, 11) is 0. The van der Waals surface area contributed by atoms with Crippen molar-refractivity contribution in [3.8, 4) is 0 Å². The average molecular weight is 242 g/mol. The van der Waals surface area contributed by atoms with Gasteiger partial charge in [-0.1, -0.05) is 6.92 Å². The molecular weight excluding hydrogens is 228 g/mol. The van der Waals surface area contributed by atoms with Crippen LogP contribution in [0.1, 0.15) is 11.8 Å². The van der Waals surface area contributed by atoms with Crippen LogP contribution in [-0.2, 0) is 16.0 Å². The largest absolute Gasteiger partial charge is 0.346 e. The van der Waals surface area contributed by atoms with E-state index in [-0.39, 0.29) is 24.9 Å². The summed E-state index contributed by atoms with van der Waals surface area (Å²) in [5.74, 6) is -0.665. The maximum absolute atomic E-state index is 11.3. The third kappa shape index (κ3) is 3.95. The third-order valence-corrected chi connectivity index (χ3v) is 2.84. The van der Waals surface area contributed by atoms with E-state index in [1.54, 1.807) is 6.20 Å². The minimum Gasteiger partial charge on any atom is -0.346 e. The van der Waals surface area contributed by atoms with Gasteiger partial charge in [-0.25, -0.2) is 4.98 Å². The summed E-state index contributed by atoms with van der Waals surface area (Å²) in [6, 6.07) is 0. The van der Waals surface area contributed by atoms with E-state index in [0.717, 1.165) is 11.3 Å². The van der Waals surface area contributed by atoms with Gasteiger partial charge in [-0.3, -0.25) is 9.59 Å². The quantitative estimate of drug-likeness (QED) is 0.661. The van der Waals surface area contributed by atoms with E-state index in [9.17, 15) is 9.59 Å². The lowest BCUT2D eigenvalue weighted by Crippen LogP contribution is -2.36. The summed E-state index contributed by atoms with van der Waals surface area (Å²) in [4.78, 5) is 27.2. The number of hydrogen-bond acceptors (Lipinski definition) is 5. The molecule has 1 rings (SSSR count).